The Kier molecular flexibility index (Phi) is 5.49. The van der Waals surface area contributed by atoms with Crippen molar-refractivity contribution in [2.45, 2.75) is 20.8 Å². The Labute approximate surface area is 108 Å². The summed E-state index contributed by atoms with van der Waals surface area (Å²) in [7, 11) is 1.78. The van der Waals surface area contributed by atoms with Gasteiger partial charge in [0.05, 0.1) is 13.2 Å². The molecule has 1 rings (SSSR count). The molecule has 0 saturated heterocycles. The molecule has 0 aliphatic carbocycles. The summed E-state index contributed by atoms with van der Waals surface area (Å²) in [6.45, 7) is 7.55. The second-order valence-electron chi connectivity index (χ2n) is 3.85. The minimum atomic E-state index is -0.0125. The summed E-state index contributed by atoms with van der Waals surface area (Å²) in [4.78, 5) is 13.7. The van der Waals surface area contributed by atoms with Crippen LogP contribution in [0.1, 0.15) is 31.1 Å². The van der Waals surface area contributed by atoms with E-state index in [1.807, 2.05) is 20.8 Å². The highest BCUT2D eigenvalue weighted by molar-refractivity contribution is 5.94. The zero-order valence-electron chi connectivity index (χ0n) is 11.5. The van der Waals surface area contributed by atoms with Gasteiger partial charge in [-0.15, -0.1) is 0 Å². The fraction of sp³-hybridized carbons (Fsp3) is 0.500. The number of carbonyl (C=O) groups excluding carboxylic acids is 1. The molecule has 0 spiro atoms. The molecular weight excluding hydrogens is 230 g/mol. The third kappa shape index (κ3) is 3.39. The normalized spacial score (nSPS) is 10.0. The van der Waals surface area contributed by atoms with Crippen LogP contribution in [0.25, 0.3) is 0 Å². The van der Waals surface area contributed by atoms with Crippen LogP contribution in [0.3, 0.4) is 0 Å². The molecule has 0 fully saturated rings. The van der Waals surface area contributed by atoms with Gasteiger partial charge in [0.25, 0.3) is 5.91 Å². The molecule has 4 heteroatoms. The molecule has 1 aromatic rings. The predicted octanol–water partition coefficient (Wildman–Crippen LogP) is 2.58. The van der Waals surface area contributed by atoms with E-state index in [1.54, 1.807) is 30.1 Å². The number of carbonyl (C=O) groups is 1. The molecule has 0 bridgehead atoms. The van der Waals surface area contributed by atoms with Crippen molar-refractivity contribution in [3.63, 3.8) is 0 Å². The van der Waals surface area contributed by atoms with Gasteiger partial charge in [0, 0.05) is 19.2 Å². The molecule has 0 heterocycles. The number of hydrogen-bond acceptors (Lipinski definition) is 3. The third-order valence-corrected chi connectivity index (χ3v) is 2.61. The number of hydrogen-bond donors (Lipinski definition) is 0. The van der Waals surface area contributed by atoms with Gasteiger partial charge in [0.1, 0.15) is 0 Å². The van der Waals surface area contributed by atoms with Crippen LogP contribution >= 0.6 is 0 Å². The summed E-state index contributed by atoms with van der Waals surface area (Å²) in [6.07, 6.45) is 0. The first-order valence-electron chi connectivity index (χ1n) is 6.29. The zero-order chi connectivity index (χ0) is 13.5. The lowest BCUT2D eigenvalue weighted by molar-refractivity contribution is 0.0802. The lowest BCUT2D eigenvalue weighted by Crippen LogP contribution is -2.26. The van der Waals surface area contributed by atoms with E-state index in [1.165, 1.54) is 0 Å². The quantitative estimate of drug-likeness (QED) is 0.780. The zero-order valence-corrected chi connectivity index (χ0v) is 11.5. The number of benzene rings is 1. The first-order chi connectivity index (χ1) is 8.63. The van der Waals surface area contributed by atoms with E-state index in [-0.39, 0.29) is 5.91 Å². The molecule has 0 N–H and O–H groups in total. The van der Waals surface area contributed by atoms with Crippen LogP contribution < -0.4 is 9.47 Å². The molecule has 0 unspecified atom stereocenters. The van der Waals surface area contributed by atoms with Gasteiger partial charge in [-0.05, 0) is 39.0 Å². The number of ether oxygens (including phenoxy) is 2. The largest absolute Gasteiger partial charge is 0.490 e. The van der Waals surface area contributed by atoms with Crippen molar-refractivity contribution < 1.29 is 14.3 Å². The van der Waals surface area contributed by atoms with Crippen molar-refractivity contribution in [3.8, 4) is 11.5 Å². The van der Waals surface area contributed by atoms with E-state index in [9.17, 15) is 4.79 Å². The van der Waals surface area contributed by atoms with E-state index >= 15 is 0 Å². The molecule has 0 aromatic heterocycles. The van der Waals surface area contributed by atoms with Crippen LogP contribution in [0.15, 0.2) is 18.2 Å². The second kappa shape index (κ2) is 6.89. The maximum atomic E-state index is 12.0. The van der Waals surface area contributed by atoms with Gasteiger partial charge in [0.2, 0.25) is 0 Å². The molecule has 0 radical (unpaired) electrons. The Morgan fingerprint density at radius 2 is 1.72 bits per heavy atom. The average Bonchev–Trinajstić information content (AvgIpc) is 2.39. The van der Waals surface area contributed by atoms with Gasteiger partial charge in [-0.2, -0.15) is 0 Å². The smallest absolute Gasteiger partial charge is 0.253 e. The summed E-state index contributed by atoms with van der Waals surface area (Å²) >= 11 is 0. The van der Waals surface area contributed by atoms with Crippen LogP contribution in [0.2, 0.25) is 0 Å². The molecule has 100 valence electrons. The summed E-state index contributed by atoms with van der Waals surface area (Å²) in [5.74, 6) is 1.28. The third-order valence-electron chi connectivity index (χ3n) is 2.61. The lowest BCUT2D eigenvalue weighted by atomic mass is 10.1. The first-order valence-corrected chi connectivity index (χ1v) is 6.29. The molecule has 1 amide bonds. The van der Waals surface area contributed by atoms with Crippen molar-refractivity contribution in [2.75, 3.05) is 26.8 Å². The van der Waals surface area contributed by atoms with Crippen LogP contribution in [0.5, 0.6) is 11.5 Å². The first kappa shape index (κ1) is 14.4. The highest BCUT2D eigenvalue weighted by atomic mass is 16.5. The fourth-order valence-electron chi connectivity index (χ4n) is 1.55. The fourth-order valence-corrected chi connectivity index (χ4v) is 1.55. The van der Waals surface area contributed by atoms with E-state index in [0.29, 0.717) is 36.8 Å². The molecule has 0 atom stereocenters. The number of nitrogens with zero attached hydrogens (tertiary/aromatic N) is 1. The molecule has 0 aliphatic heterocycles. The van der Waals surface area contributed by atoms with Crippen molar-refractivity contribution in [1.82, 2.24) is 4.90 Å². The Morgan fingerprint density at radius 1 is 1.11 bits per heavy atom. The Balaban J connectivity index is 3.02. The number of rotatable bonds is 6. The standard InChI is InChI=1S/C14H21NO3/c1-5-15(4)14(16)11-8-9-12(17-6-2)13(10-11)18-7-3/h8-10H,5-7H2,1-4H3. The minimum absolute atomic E-state index is 0.0125. The van der Waals surface area contributed by atoms with Crippen LogP contribution in [-0.4, -0.2) is 37.6 Å². The Bertz CT molecular complexity index is 404. The van der Waals surface area contributed by atoms with Gasteiger partial charge < -0.3 is 14.4 Å². The molecule has 4 nitrogen and oxygen atoms in total. The van der Waals surface area contributed by atoms with Gasteiger partial charge >= 0.3 is 0 Å². The molecule has 1 aromatic carbocycles. The van der Waals surface area contributed by atoms with Gasteiger partial charge in [0.15, 0.2) is 11.5 Å². The minimum Gasteiger partial charge on any atom is -0.490 e. The average molecular weight is 251 g/mol. The maximum absolute atomic E-state index is 12.0. The van der Waals surface area contributed by atoms with E-state index in [2.05, 4.69) is 0 Å². The summed E-state index contributed by atoms with van der Waals surface area (Å²) in [6, 6.07) is 5.29. The molecule has 0 saturated carbocycles. The van der Waals surface area contributed by atoms with Crippen LogP contribution in [-0.2, 0) is 0 Å². The van der Waals surface area contributed by atoms with Crippen molar-refractivity contribution in [1.29, 1.82) is 0 Å². The van der Waals surface area contributed by atoms with Crippen LogP contribution in [0, 0.1) is 0 Å². The van der Waals surface area contributed by atoms with E-state index < -0.39 is 0 Å². The Hall–Kier alpha value is -1.71. The highest BCUT2D eigenvalue weighted by Crippen LogP contribution is 2.28. The predicted molar refractivity (Wildman–Crippen MR) is 71.4 cm³/mol. The van der Waals surface area contributed by atoms with E-state index in [4.69, 9.17) is 9.47 Å². The molecular formula is C14H21NO3. The van der Waals surface area contributed by atoms with Crippen molar-refractivity contribution in [3.05, 3.63) is 23.8 Å². The summed E-state index contributed by atoms with van der Waals surface area (Å²) in [5, 5.41) is 0. The van der Waals surface area contributed by atoms with Gasteiger partial charge in [-0.25, -0.2) is 0 Å². The lowest BCUT2D eigenvalue weighted by Gasteiger charge is -2.16. The SMILES string of the molecule is CCOc1ccc(C(=O)N(C)CC)cc1OCC. The topological polar surface area (TPSA) is 38.8 Å². The van der Waals surface area contributed by atoms with Crippen LogP contribution in [0.4, 0.5) is 0 Å². The highest BCUT2D eigenvalue weighted by Gasteiger charge is 2.13. The van der Waals surface area contributed by atoms with Crippen molar-refractivity contribution in [2.24, 2.45) is 0 Å². The summed E-state index contributed by atoms with van der Waals surface area (Å²) in [5.41, 5.74) is 0.617. The molecule has 18 heavy (non-hydrogen) atoms. The van der Waals surface area contributed by atoms with Gasteiger partial charge in [-0.3, -0.25) is 4.79 Å². The maximum Gasteiger partial charge on any atom is 0.253 e. The monoisotopic (exact) mass is 251 g/mol. The second-order valence-corrected chi connectivity index (χ2v) is 3.85. The van der Waals surface area contributed by atoms with Crippen molar-refractivity contribution >= 4 is 5.91 Å². The molecule has 0 aliphatic rings. The number of amides is 1. The van der Waals surface area contributed by atoms with E-state index in [0.717, 1.165) is 0 Å². The summed E-state index contributed by atoms with van der Waals surface area (Å²) < 4.78 is 11.0. The Morgan fingerprint density at radius 3 is 2.28 bits per heavy atom. The van der Waals surface area contributed by atoms with Gasteiger partial charge in [-0.1, -0.05) is 0 Å².